The van der Waals surface area contributed by atoms with Gasteiger partial charge in [0.15, 0.2) is 0 Å². The average molecular weight is 443 g/mol. The quantitative estimate of drug-likeness (QED) is 0.250. The Kier molecular flexibility index (Phi) is 3.98. The molecule has 150 valence electrons. The lowest BCUT2D eigenvalue weighted by atomic mass is 10.0. The van der Waals surface area contributed by atoms with Crippen LogP contribution in [-0.4, -0.2) is 0 Å². The van der Waals surface area contributed by atoms with E-state index < -0.39 is 0 Å². The molecule has 5 aromatic carbocycles. The van der Waals surface area contributed by atoms with E-state index in [2.05, 4.69) is 109 Å². The fourth-order valence-corrected chi connectivity index (χ4v) is 7.04. The predicted octanol–water partition coefficient (Wildman–Crippen LogP) is 9.76. The van der Waals surface area contributed by atoms with Crippen molar-refractivity contribution in [1.82, 2.24) is 0 Å². The maximum absolute atomic E-state index is 2.38. The number of hydrogen-bond donors (Lipinski definition) is 0. The molecule has 0 radical (unpaired) electrons. The Morgan fingerprint density at radius 3 is 1.38 bits per heavy atom. The minimum atomic E-state index is 1.29. The van der Waals surface area contributed by atoms with Gasteiger partial charge in [-0.05, 0) is 67.7 Å². The van der Waals surface area contributed by atoms with Crippen LogP contribution in [0.5, 0.6) is 0 Å². The van der Waals surface area contributed by atoms with Crippen LogP contribution in [0.15, 0.2) is 109 Å². The molecule has 7 rings (SSSR count). The molecule has 0 unspecified atom stereocenters. The molecule has 0 spiro atoms. The monoisotopic (exact) mass is 442 g/mol. The van der Waals surface area contributed by atoms with Gasteiger partial charge in [-0.15, -0.1) is 22.7 Å². The first-order valence-electron chi connectivity index (χ1n) is 10.8. The lowest BCUT2D eigenvalue weighted by Gasteiger charge is -2.03. The summed E-state index contributed by atoms with van der Waals surface area (Å²) < 4.78 is 2.71. The highest BCUT2D eigenvalue weighted by Gasteiger charge is 2.12. The molecule has 0 aliphatic carbocycles. The van der Waals surface area contributed by atoms with Gasteiger partial charge in [0.1, 0.15) is 0 Å². The van der Waals surface area contributed by atoms with E-state index in [0.717, 1.165) is 0 Å². The van der Waals surface area contributed by atoms with E-state index in [-0.39, 0.29) is 0 Å². The smallest absolute Gasteiger partial charge is 0.0363 e. The van der Waals surface area contributed by atoms with Crippen LogP contribution < -0.4 is 0 Å². The fourth-order valence-electron chi connectivity index (χ4n) is 4.72. The van der Waals surface area contributed by atoms with Crippen molar-refractivity contribution < 1.29 is 0 Å². The van der Waals surface area contributed by atoms with Crippen molar-refractivity contribution in [3.8, 4) is 20.9 Å². The maximum Gasteiger partial charge on any atom is 0.0363 e. The predicted molar refractivity (Wildman–Crippen MR) is 143 cm³/mol. The highest BCUT2D eigenvalue weighted by molar-refractivity contribution is 7.24. The van der Waals surface area contributed by atoms with Crippen molar-refractivity contribution >= 4 is 64.4 Å². The molecular weight excluding hydrogens is 424 g/mol. The van der Waals surface area contributed by atoms with Crippen LogP contribution in [0.25, 0.3) is 62.6 Å². The molecule has 2 heteroatoms. The van der Waals surface area contributed by atoms with E-state index in [1.54, 1.807) is 0 Å². The van der Waals surface area contributed by atoms with Gasteiger partial charge in [-0.2, -0.15) is 0 Å². The first-order valence-corrected chi connectivity index (χ1v) is 12.4. The molecule has 32 heavy (non-hydrogen) atoms. The second kappa shape index (κ2) is 7.03. The molecule has 0 saturated heterocycles. The van der Waals surface area contributed by atoms with Gasteiger partial charge in [0, 0.05) is 19.2 Å². The van der Waals surface area contributed by atoms with Crippen LogP contribution in [0.1, 0.15) is 0 Å². The molecular formula is C30H18S2. The summed E-state index contributed by atoms with van der Waals surface area (Å²) in [5.74, 6) is 0. The van der Waals surface area contributed by atoms with Crippen molar-refractivity contribution in [2.45, 2.75) is 0 Å². The number of rotatable bonds is 2. The van der Waals surface area contributed by atoms with Crippen LogP contribution in [0.3, 0.4) is 0 Å². The van der Waals surface area contributed by atoms with Gasteiger partial charge in [-0.25, -0.2) is 0 Å². The van der Waals surface area contributed by atoms with E-state index in [0.29, 0.717) is 0 Å². The Morgan fingerprint density at radius 2 is 0.844 bits per heavy atom. The standard InChI is InChI=1S/C30H18S2/c1-3-11-23-19(7-1)9-5-13-25(23)29-16-21-15-22-17-30(32-28(22)18-27(21)31-29)26-14-6-10-20-8-2-4-12-24(20)26/h1-18H. The van der Waals surface area contributed by atoms with Crippen LogP contribution in [0, 0.1) is 0 Å². The third-order valence-corrected chi connectivity index (χ3v) is 8.53. The van der Waals surface area contributed by atoms with Gasteiger partial charge in [-0.3, -0.25) is 0 Å². The summed E-state index contributed by atoms with van der Waals surface area (Å²) >= 11 is 3.79. The molecule has 7 aromatic rings. The zero-order valence-corrected chi connectivity index (χ0v) is 18.8. The average Bonchev–Trinajstić information content (AvgIpc) is 3.44. The Morgan fingerprint density at radius 1 is 0.375 bits per heavy atom. The summed E-state index contributed by atoms with van der Waals surface area (Å²) in [6, 6.07) is 40.0. The molecule has 0 aliphatic rings. The van der Waals surface area contributed by atoms with Gasteiger partial charge in [0.05, 0.1) is 0 Å². The largest absolute Gasteiger partial charge is 0.135 e. The van der Waals surface area contributed by atoms with Crippen molar-refractivity contribution in [1.29, 1.82) is 0 Å². The van der Waals surface area contributed by atoms with Crippen molar-refractivity contribution in [2.75, 3.05) is 0 Å². The molecule has 0 bridgehead atoms. The fraction of sp³-hybridized carbons (Fsp3) is 0. The zero-order valence-electron chi connectivity index (χ0n) is 17.2. The Balaban J connectivity index is 1.39. The molecule has 0 fully saturated rings. The summed E-state index contributed by atoms with van der Waals surface area (Å²) in [5, 5.41) is 7.88. The van der Waals surface area contributed by atoms with E-state index in [9.17, 15) is 0 Å². The number of fused-ring (bicyclic) bond motifs is 4. The summed E-state index contributed by atoms with van der Waals surface area (Å²) in [5.41, 5.74) is 2.65. The third kappa shape index (κ3) is 2.81. The molecule has 2 aromatic heterocycles. The van der Waals surface area contributed by atoms with Gasteiger partial charge >= 0.3 is 0 Å². The van der Waals surface area contributed by atoms with E-state index in [4.69, 9.17) is 0 Å². The lowest BCUT2D eigenvalue weighted by molar-refractivity contribution is 1.74. The first-order chi connectivity index (χ1) is 15.8. The number of thiophene rings is 2. The normalized spacial score (nSPS) is 11.8. The van der Waals surface area contributed by atoms with E-state index in [1.165, 1.54) is 62.6 Å². The summed E-state index contributed by atoms with van der Waals surface area (Å²) in [4.78, 5) is 2.67. The second-order valence-corrected chi connectivity index (χ2v) is 10.4. The molecule has 0 nitrogen and oxygen atoms in total. The molecule has 2 heterocycles. The molecule has 0 saturated carbocycles. The lowest BCUT2D eigenvalue weighted by Crippen LogP contribution is -1.77. The highest BCUT2D eigenvalue weighted by atomic mass is 32.1. The van der Waals surface area contributed by atoms with Gasteiger partial charge in [0.2, 0.25) is 0 Å². The Hall–Kier alpha value is -3.46. The molecule has 0 amide bonds. The minimum Gasteiger partial charge on any atom is -0.135 e. The van der Waals surface area contributed by atoms with Gasteiger partial charge in [0.25, 0.3) is 0 Å². The third-order valence-electron chi connectivity index (χ3n) is 6.27. The maximum atomic E-state index is 2.38. The number of hydrogen-bond acceptors (Lipinski definition) is 2. The SMILES string of the molecule is c1ccc2c(-c3cc4cc5cc(-c6cccc7ccccc67)sc5cc4s3)cccc2c1. The van der Waals surface area contributed by atoms with E-state index >= 15 is 0 Å². The molecule has 0 aliphatic heterocycles. The van der Waals surface area contributed by atoms with E-state index in [1.807, 2.05) is 22.7 Å². The molecule has 0 N–H and O–H groups in total. The Bertz CT molecular complexity index is 1590. The van der Waals surface area contributed by atoms with Gasteiger partial charge < -0.3 is 0 Å². The highest BCUT2D eigenvalue weighted by Crippen LogP contribution is 2.42. The molecule has 0 atom stereocenters. The topological polar surface area (TPSA) is 0 Å². The summed E-state index contributed by atoms with van der Waals surface area (Å²) in [7, 11) is 0. The van der Waals surface area contributed by atoms with Crippen molar-refractivity contribution in [3.05, 3.63) is 109 Å². The van der Waals surface area contributed by atoms with Crippen LogP contribution in [0.4, 0.5) is 0 Å². The summed E-state index contributed by atoms with van der Waals surface area (Å²) in [6.07, 6.45) is 0. The first kappa shape index (κ1) is 18.1. The van der Waals surface area contributed by atoms with Crippen LogP contribution >= 0.6 is 22.7 Å². The van der Waals surface area contributed by atoms with Crippen LogP contribution in [0.2, 0.25) is 0 Å². The Labute approximate surface area is 194 Å². The van der Waals surface area contributed by atoms with Gasteiger partial charge in [-0.1, -0.05) is 84.9 Å². The van der Waals surface area contributed by atoms with Crippen molar-refractivity contribution in [3.63, 3.8) is 0 Å². The summed E-state index contributed by atoms with van der Waals surface area (Å²) in [6.45, 7) is 0. The van der Waals surface area contributed by atoms with Crippen molar-refractivity contribution in [2.24, 2.45) is 0 Å². The van der Waals surface area contributed by atoms with Crippen LogP contribution in [-0.2, 0) is 0 Å². The second-order valence-electron chi connectivity index (χ2n) is 8.20. The minimum absolute atomic E-state index is 1.29. The zero-order chi connectivity index (χ0) is 21.1. The number of benzene rings is 5.